The number of carbonyl (C=O) groups excluding carboxylic acids is 1. The van der Waals surface area contributed by atoms with Gasteiger partial charge in [0.1, 0.15) is 0 Å². The van der Waals surface area contributed by atoms with Crippen LogP contribution in [0.3, 0.4) is 0 Å². The maximum atomic E-state index is 12.9. The zero-order valence-corrected chi connectivity index (χ0v) is 20.0. The molecule has 0 aliphatic carbocycles. The van der Waals surface area contributed by atoms with Crippen LogP contribution >= 0.6 is 11.8 Å². The minimum Gasteiger partial charge on any atom is -0.377 e. The molecule has 2 aromatic rings. The Kier molecular flexibility index (Phi) is 7.55. The molecule has 0 radical (unpaired) electrons. The number of piperidine rings is 1. The van der Waals surface area contributed by atoms with E-state index in [1.165, 1.54) is 0 Å². The van der Waals surface area contributed by atoms with Crippen molar-refractivity contribution in [3.63, 3.8) is 0 Å². The van der Waals surface area contributed by atoms with Crippen molar-refractivity contribution in [3.05, 3.63) is 54.1 Å². The molecular formula is C24H30N2O4S2. The Morgan fingerprint density at radius 3 is 2.62 bits per heavy atom. The van der Waals surface area contributed by atoms with Gasteiger partial charge in [0.05, 0.1) is 16.6 Å². The fourth-order valence-electron chi connectivity index (χ4n) is 4.16. The summed E-state index contributed by atoms with van der Waals surface area (Å²) in [6.07, 6.45) is 4.35. The van der Waals surface area contributed by atoms with Crippen molar-refractivity contribution in [1.29, 1.82) is 0 Å². The highest BCUT2D eigenvalue weighted by molar-refractivity contribution is 7.99. The van der Waals surface area contributed by atoms with Gasteiger partial charge >= 0.3 is 0 Å². The van der Waals surface area contributed by atoms with Gasteiger partial charge in [-0.05, 0) is 68.0 Å². The number of benzene rings is 2. The zero-order chi connectivity index (χ0) is 22.6. The molecule has 0 spiro atoms. The number of carbonyl (C=O) groups is 1. The number of sulfonamides is 1. The molecule has 2 aliphatic rings. The smallest absolute Gasteiger partial charge is 0.256 e. The number of anilines is 1. The van der Waals surface area contributed by atoms with Crippen LogP contribution in [0.25, 0.3) is 0 Å². The van der Waals surface area contributed by atoms with Crippen LogP contribution in [0.4, 0.5) is 5.69 Å². The molecule has 2 unspecified atom stereocenters. The molecule has 8 heteroatoms. The lowest BCUT2D eigenvalue weighted by Gasteiger charge is -2.30. The largest absolute Gasteiger partial charge is 0.377 e. The first kappa shape index (κ1) is 23.3. The van der Waals surface area contributed by atoms with E-state index in [0.717, 1.165) is 42.9 Å². The van der Waals surface area contributed by atoms with Gasteiger partial charge in [0.25, 0.3) is 5.91 Å². The van der Waals surface area contributed by atoms with Crippen LogP contribution in [-0.4, -0.2) is 50.2 Å². The fourth-order valence-corrected chi connectivity index (χ4v) is 6.88. The summed E-state index contributed by atoms with van der Waals surface area (Å²) < 4.78 is 33.1. The summed E-state index contributed by atoms with van der Waals surface area (Å²) in [6.45, 7) is 4.01. The van der Waals surface area contributed by atoms with Crippen LogP contribution in [0.5, 0.6) is 0 Å². The van der Waals surface area contributed by atoms with Gasteiger partial charge < -0.3 is 10.1 Å². The van der Waals surface area contributed by atoms with Gasteiger partial charge in [0.15, 0.2) is 0 Å². The first-order valence-electron chi connectivity index (χ1n) is 11.2. The average molecular weight is 475 g/mol. The third-order valence-electron chi connectivity index (χ3n) is 5.95. The lowest BCUT2D eigenvalue weighted by molar-refractivity contribution is 0.102. The molecule has 2 fully saturated rings. The van der Waals surface area contributed by atoms with E-state index in [4.69, 9.17) is 4.74 Å². The van der Waals surface area contributed by atoms with Crippen LogP contribution in [0.2, 0.25) is 0 Å². The average Bonchev–Trinajstić information content (AvgIpc) is 3.32. The van der Waals surface area contributed by atoms with E-state index in [0.29, 0.717) is 30.3 Å². The maximum absolute atomic E-state index is 12.9. The Labute approximate surface area is 194 Å². The lowest BCUT2D eigenvalue weighted by atomic mass is 10.0. The van der Waals surface area contributed by atoms with Gasteiger partial charge in [-0.3, -0.25) is 4.79 Å². The van der Waals surface area contributed by atoms with Gasteiger partial charge in [0.2, 0.25) is 10.0 Å². The van der Waals surface area contributed by atoms with Crippen LogP contribution in [0, 0.1) is 5.92 Å². The molecule has 0 bridgehead atoms. The molecule has 1 amide bonds. The molecule has 172 valence electrons. The van der Waals surface area contributed by atoms with E-state index in [9.17, 15) is 13.2 Å². The number of thioether (sulfide) groups is 1. The van der Waals surface area contributed by atoms with Crippen molar-refractivity contribution in [2.45, 2.75) is 48.5 Å². The normalized spacial score (nSPS) is 22.0. The SMILES string of the molecule is CC1CCCN(S(=O)(=O)c2ccc(NC(=O)c3ccccc3SCC3CCCO3)cc2)C1. The Morgan fingerprint density at radius 1 is 1.12 bits per heavy atom. The molecule has 0 saturated carbocycles. The van der Waals surface area contributed by atoms with Crippen LogP contribution < -0.4 is 5.32 Å². The summed E-state index contributed by atoms with van der Waals surface area (Å²) in [4.78, 5) is 14.1. The number of hydrogen-bond donors (Lipinski definition) is 1. The molecular weight excluding hydrogens is 444 g/mol. The van der Waals surface area contributed by atoms with E-state index in [2.05, 4.69) is 12.2 Å². The molecule has 2 heterocycles. The summed E-state index contributed by atoms with van der Waals surface area (Å²) in [5, 5.41) is 2.90. The van der Waals surface area contributed by atoms with Crippen molar-refractivity contribution < 1.29 is 17.9 Å². The quantitative estimate of drug-likeness (QED) is 0.592. The molecule has 32 heavy (non-hydrogen) atoms. The maximum Gasteiger partial charge on any atom is 0.256 e. The van der Waals surface area contributed by atoms with Crippen LogP contribution in [0.15, 0.2) is 58.3 Å². The second kappa shape index (κ2) is 10.4. The second-order valence-electron chi connectivity index (χ2n) is 8.53. The van der Waals surface area contributed by atoms with Crippen molar-refractivity contribution >= 4 is 33.4 Å². The summed E-state index contributed by atoms with van der Waals surface area (Å²) in [6, 6.07) is 14.0. The van der Waals surface area contributed by atoms with E-state index in [-0.39, 0.29) is 16.9 Å². The first-order chi connectivity index (χ1) is 15.4. The summed E-state index contributed by atoms with van der Waals surface area (Å²) in [5.74, 6) is 0.988. The highest BCUT2D eigenvalue weighted by atomic mass is 32.2. The summed E-state index contributed by atoms with van der Waals surface area (Å²) in [5.41, 5.74) is 1.18. The molecule has 0 aromatic heterocycles. The van der Waals surface area contributed by atoms with E-state index < -0.39 is 10.0 Å². The fraction of sp³-hybridized carbons (Fsp3) is 0.458. The number of rotatable bonds is 7. The predicted octanol–water partition coefficient (Wildman–Crippen LogP) is 4.63. The number of nitrogens with zero attached hydrogens (tertiary/aromatic N) is 1. The third kappa shape index (κ3) is 5.54. The van der Waals surface area contributed by atoms with E-state index in [1.807, 2.05) is 24.3 Å². The second-order valence-corrected chi connectivity index (χ2v) is 11.5. The van der Waals surface area contributed by atoms with Crippen LogP contribution in [-0.2, 0) is 14.8 Å². The minimum absolute atomic E-state index is 0.207. The standard InChI is InChI=1S/C24H30N2O4S2/c1-18-6-4-14-26(16-18)32(28,29)21-12-10-19(11-13-21)25-24(27)22-8-2-3-9-23(22)31-17-20-7-5-15-30-20/h2-3,8-13,18,20H,4-7,14-17H2,1H3,(H,25,27). The monoisotopic (exact) mass is 474 g/mol. The lowest BCUT2D eigenvalue weighted by Crippen LogP contribution is -2.39. The Hall–Kier alpha value is -1.87. The molecule has 4 rings (SSSR count). The van der Waals surface area contributed by atoms with Gasteiger partial charge in [-0.2, -0.15) is 4.31 Å². The van der Waals surface area contributed by atoms with Gasteiger partial charge in [-0.15, -0.1) is 11.8 Å². The van der Waals surface area contributed by atoms with Crippen LogP contribution in [0.1, 0.15) is 43.0 Å². The first-order valence-corrected chi connectivity index (χ1v) is 13.6. The highest BCUT2D eigenvalue weighted by Gasteiger charge is 2.28. The number of amides is 1. The molecule has 1 N–H and O–H groups in total. The molecule has 2 aliphatic heterocycles. The molecule has 6 nitrogen and oxygen atoms in total. The Bertz CT molecular complexity index is 1030. The zero-order valence-electron chi connectivity index (χ0n) is 18.3. The van der Waals surface area contributed by atoms with Gasteiger partial charge in [-0.1, -0.05) is 19.1 Å². The van der Waals surface area contributed by atoms with Crippen molar-refractivity contribution in [2.24, 2.45) is 5.92 Å². The van der Waals surface area contributed by atoms with E-state index >= 15 is 0 Å². The van der Waals surface area contributed by atoms with E-state index in [1.54, 1.807) is 40.3 Å². The number of ether oxygens (including phenoxy) is 1. The Balaban J connectivity index is 1.42. The molecule has 2 atom stereocenters. The summed E-state index contributed by atoms with van der Waals surface area (Å²) in [7, 11) is -3.51. The number of hydrogen-bond acceptors (Lipinski definition) is 5. The third-order valence-corrected chi connectivity index (χ3v) is 9.03. The van der Waals surface area contributed by atoms with Gasteiger partial charge in [0, 0.05) is 36.0 Å². The van der Waals surface area contributed by atoms with Crippen molar-refractivity contribution in [1.82, 2.24) is 4.31 Å². The summed E-state index contributed by atoms with van der Waals surface area (Å²) >= 11 is 1.63. The predicted molar refractivity (Wildman–Crippen MR) is 128 cm³/mol. The molecule has 2 aromatic carbocycles. The Morgan fingerprint density at radius 2 is 1.91 bits per heavy atom. The topological polar surface area (TPSA) is 75.7 Å². The highest BCUT2D eigenvalue weighted by Crippen LogP contribution is 2.28. The minimum atomic E-state index is -3.51. The number of nitrogens with one attached hydrogen (secondary N) is 1. The van der Waals surface area contributed by atoms with Gasteiger partial charge in [-0.25, -0.2) is 8.42 Å². The van der Waals surface area contributed by atoms with Crippen molar-refractivity contribution in [3.8, 4) is 0 Å². The van der Waals surface area contributed by atoms with Crippen molar-refractivity contribution in [2.75, 3.05) is 30.8 Å². The molecule has 2 saturated heterocycles.